The van der Waals surface area contributed by atoms with Gasteiger partial charge in [-0.15, -0.1) is 0 Å². The van der Waals surface area contributed by atoms with Crippen LogP contribution in [0.3, 0.4) is 0 Å². The number of aromatic nitrogens is 2. The summed E-state index contributed by atoms with van der Waals surface area (Å²) in [6, 6.07) is 5.72. The predicted octanol–water partition coefficient (Wildman–Crippen LogP) is 0.913. The van der Waals surface area contributed by atoms with Crippen LogP contribution < -0.4 is 5.73 Å². The summed E-state index contributed by atoms with van der Waals surface area (Å²) >= 11 is 0. The van der Waals surface area contributed by atoms with Crippen molar-refractivity contribution in [3.05, 3.63) is 36.2 Å². The Morgan fingerprint density at radius 3 is 3.14 bits per heavy atom. The standard InChI is InChI=1S/C15H20N4O2/c1-21-12-5-7-18(11(8-12)9-16)15(20)13-10-17-19-6-3-2-4-14(13)19/h2-4,6,10-12H,5,7-9,16H2,1H3. The molecule has 1 amide bonds. The van der Waals surface area contributed by atoms with Gasteiger partial charge in [-0.25, -0.2) is 4.52 Å². The van der Waals surface area contributed by atoms with Crippen LogP contribution in [-0.2, 0) is 4.74 Å². The average Bonchev–Trinajstić information content (AvgIpc) is 2.97. The molecular formula is C15H20N4O2. The van der Waals surface area contributed by atoms with Crippen LogP contribution in [0.25, 0.3) is 5.52 Å². The fourth-order valence-electron chi connectivity index (χ4n) is 2.97. The minimum atomic E-state index is 0.00111. The molecular weight excluding hydrogens is 268 g/mol. The number of likely N-dealkylation sites (tertiary alicyclic amines) is 1. The molecule has 2 aromatic rings. The van der Waals surface area contributed by atoms with E-state index in [-0.39, 0.29) is 18.1 Å². The molecule has 1 saturated heterocycles. The van der Waals surface area contributed by atoms with Gasteiger partial charge in [0.25, 0.3) is 5.91 Å². The third kappa shape index (κ3) is 2.52. The number of hydrogen-bond acceptors (Lipinski definition) is 4. The lowest BCUT2D eigenvalue weighted by Crippen LogP contribution is -2.51. The molecule has 0 spiro atoms. The summed E-state index contributed by atoms with van der Waals surface area (Å²) in [5.41, 5.74) is 7.30. The fourth-order valence-corrected chi connectivity index (χ4v) is 2.97. The summed E-state index contributed by atoms with van der Waals surface area (Å²) in [6.07, 6.45) is 5.29. The van der Waals surface area contributed by atoms with Gasteiger partial charge < -0.3 is 15.4 Å². The van der Waals surface area contributed by atoms with E-state index in [1.165, 1.54) is 0 Å². The largest absolute Gasteiger partial charge is 0.381 e. The first kappa shape index (κ1) is 14.0. The third-order valence-electron chi connectivity index (χ3n) is 4.19. The third-order valence-corrected chi connectivity index (χ3v) is 4.19. The Kier molecular flexibility index (Phi) is 3.90. The number of rotatable bonds is 3. The van der Waals surface area contributed by atoms with E-state index in [1.54, 1.807) is 17.8 Å². The molecule has 3 rings (SSSR count). The van der Waals surface area contributed by atoms with Gasteiger partial charge in [-0.3, -0.25) is 4.79 Å². The zero-order chi connectivity index (χ0) is 14.8. The van der Waals surface area contributed by atoms with Gasteiger partial charge in [0.1, 0.15) is 0 Å². The maximum atomic E-state index is 12.8. The van der Waals surface area contributed by atoms with Crippen molar-refractivity contribution in [3.8, 4) is 0 Å². The van der Waals surface area contributed by atoms with Crippen molar-refractivity contribution < 1.29 is 9.53 Å². The van der Waals surface area contributed by atoms with Gasteiger partial charge in [0.05, 0.1) is 23.4 Å². The van der Waals surface area contributed by atoms with Crippen LogP contribution in [0.5, 0.6) is 0 Å². The molecule has 2 atom stereocenters. The van der Waals surface area contributed by atoms with Crippen molar-refractivity contribution in [2.24, 2.45) is 5.73 Å². The minimum absolute atomic E-state index is 0.00111. The zero-order valence-electron chi connectivity index (χ0n) is 12.1. The lowest BCUT2D eigenvalue weighted by atomic mass is 9.98. The van der Waals surface area contributed by atoms with E-state index in [4.69, 9.17) is 10.5 Å². The van der Waals surface area contributed by atoms with E-state index in [1.807, 2.05) is 29.3 Å². The highest BCUT2D eigenvalue weighted by Gasteiger charge is 2.32. The second kappa shape index (κ2) is 5.83. The summed E-state index contributed by atoms with van der Waals surface area (Å²) in [5.74, 6) is 0.00111. The van der Waals surface area contributed by atoms with Gasteiger partial charge >= 0.3 is 0 Å². The smallest absolute Gasteiger partial charge is 0.257 e. The van der Waals surface area contributed by atoms with Crippen LogP contribution in [0.1, 0.15) is 23.2 Å². The quantitative estimate of drug-likeness (QED) is 0.911. The summed E-state index contributed by atoms with van der Waals surface area (Å²) in [7, 11) is 1.71. The molecule has 112 valence electrons. The van der Waals surface area contributed by atoms with Crippen LogP contribution in [0.15, 0.2) is 30.6 Å². The molecule has 2 N–H and O–H groups in total. The lowest BCUT2D eigenvalue weighted by Gasteiger charge is -2.38. The molecule has 0 radical (unpaired) electrons. The molecule has 1 aliphatic rings. The van der Waals surface area contributed by atoms with Crippen molar-refractivity contribution in [2.45, 2.75) is 25.0 Å². The molecule has 6 heteroatoms. The Bertz CT molecular complexity index is 639. The molecule has 2 aromatic heterocycles. The number of amides is 1. The Morgan fingerprint density at radius 1 is 1.52 bits per heavy atom. The summed E-state index contributed by atoms with van der Waals surface area (Å²) < 4.78 is 7.12. The van der Waals surface area contributed by atoms with Crippen molar-refractivity contribution in [1.82, 2.24) is 14.5 Å². The van der Waals surface area contributed by atoms with Crippen molar-refractivity contribution >= 4 is 11.4 Å². The van der Waals surface area contributed by atoms with E-state index in [0.29, 0.717) is 18.7 Å². The van der Waals surface area contributed by atoms with Crippen LogP contribution in [0.4, 0.5) is 0 Å². The lowest BCUT2D eigenvalue weighted by molar-refractivity contribution is 0.0140. The first-order valence-electron chi connectivity index (χ1n) is 7.20. The predicted molar refractivity (Wildman–Crippen MR) is 79.1 cm³/mol. The molecule has 0 saturated carbocycles. The molecule has 1 fully saturated rings. The van der Waals surface area contributed by atoms with Gasteiger partial charge in [0.15, 0.2) is 0 Å². The number of methoxy groups -OCH3 is 1. The van der Waals surface area contributed by atoms with Crippen LogP contribution >= 0.6 is 0 Å². The van der Waals surface area contributed by atoms with Gasteiger partial charge in [-0.05, 0) is 25.0 Å². The molecule has 0 bridgehead atoms. The summed E-state index contributed by atoms with van der Waals surface area (Å²) in [5, 5.41) is 4.23. The normalized spacial score (nSPS) is 22.7. The summed E-state index contributed by atoms with van der Waals surface area (Å²) in [4.78, 5) is 14.7. The van der Waals surface area contributed by atoms with Gasteiger partial charge in [0, 0.05) is 32.4 Å². The summed E-state index contributed by atoms with van der Waals surface area (Å²) in [6.45, 7) is 1.12. The number of piperidine rings is 1. The molecule has 0 aliphatic carbocycles. The zero-order valence-corrected chi connectivity index (χ0v) is 12.1. The van der Waals surface area contributed by atoms with Gasteiger partial charge in [-0.1, -0.05) is 6.07 Å². The number of nitrogens with two attached hydrogens (primary N) is 1. The first-order chi connectivity index (χ1) is 10.2. The van der Waals surface area contributed by atoms with Gasteiger partial charge in [0.2, 0.25) is 0 Å². The Labute approximate surface area is 123 Å². The van der Waals surface area contributed by atoms with E-state index in [0.717, 1.165) is 18.4 Å². The SMILES string of the molecule is COC1CCN(C(=O)c2cnn3ccccc23)C(CN)C1. The van der Waals surface area contributed by atoms with Gasteiger partial charge in [-0.2, -0.15) is 5.10 Å². The molecule has 2 unspecified atom stereocenters. The minimum Gasteiger partial charge on any atom is -0.381 e. The number of fused-ring (bicyclic) bond motifs is 1. The Morgan fingerprint density at radius 2 is 2.38 bits per heavy atom. The topological polar surface area (TPSA) is 72.9 Å². The highest BCUT2D eigenvalue weighted by Crippen LogP contribution is 2.22. The molecule has 21 heavy (non-hydrogen) atoms. The first-order valence-corrected chi connectivity index (χ1v) is 7.20. The van der Waals surface area contributed by atoms with Crippen LogP contribution in [0.2, 0.25) is 0 Å². The van der Waals surface area contributed by atoms with Crippen LogP contribution in [0, 0.1) is 0 Å². The second-order valence-corrected chi connectivity index (χ2v) is 5.36. The number of ether oxygens (including phenoxy) is 1. The second-order valence-electron chi connectivity index (χ2n) is 5.36. The highest BCUT2D eigenvalue weighted by molar-refractivity contribution is 6.00. The maximum absolute atomic E-state index is 12.8. The Balaban J connectivity index is 1.87. The van der Waals surface area contributed by atoms with Crippen LogP contribution in [-0.4, -0.2) is 52.8 Å². The molecule has 1 aliphatic heterocycles. The fraction of sp³-hybridized carbons (Fsp3) is 0.467. The number of nitrogens with zero attached hydrogens (tertiary/aromatic N) is 3. The van der Waals surface area contributed by atoms with Crippen molar-refractivity contribution in [2.75, 3.05) is 20.2 Å². The number of hydrogen-bond donors (Lipinski definition) is 1. The highest BCUT2D eigenvalue weighted by atomic mass is 16.5. The number of carbonyl (C=O) groups is 1. The molecule has 3 heterocycles. The van der Waals surface area contributed by atoms with Crippen molar-refractivity contribution in [3.63, 3.8) is 0 Å². The molecule has 6 nitrogen and oxygen atoms in total. The number of carbonyl (C=O) groups excluding carboxylic acids is 1. The Hall–Kier alpha value is -1.92. The average molecular weight is 288 g/mol. The maximum Gasteiger partial charge on any atom is 0.257 e. The van der Waals surface area contributed by atoms with E-state index in [2.05, 4.69) is 5.10 Å². The monoisotopic (exact) mass is 288 g/mol. The van der Waals surface area contributed by atoms with E-state index < -0.39 is 0 Å². The molecule has 0 aromatic carbocycles. The number of pyridine rings is 1. The van der Waals surface area contributed by atoms with Crippen molar-refractivity contribution in [1.29, 1.82) is 0 Å². The van der Waals surface area contributed by atoms with E-state index >= 15 is 0 Å². The van der Waals surface area contributed by atoms with E-state index in [9.17, 15) is 4.79 Å².